The topological polar surface area (TPSA) is 52.3 Å². The van der Waals surface area contributed by atoms with E-state index in [2.05, 4.69) is 4.74 Å². The van der Waals surface area contributed by atoms with Crippen LogP contribution in [-0.2, 0) is 9.53 Å². The van der Waals surface area contributed by atoms with E-state index in [-0.39, 0.29) is 12.4 Å². The van der Waals surface area contributed by atoms with Crippen molar-refractivity contribution in [3.8, 4) is 0 Å². The first-order valence-corrected chi connectivity index (χ1v) is 5.08. The molecular weight excluding hydrogens is 237 g/mol. The Labute approximate surface area is 98.1 Å². The van der Waals surface area contributed by atoms with Crippen molar-refractivity contribution in [2.24, 2.45) is 5.73 Å². The van der Waals surface area contributed by atoms with E-state index >= 15 is 0 Å². The molecule has 0 aromatic heterocycles. The molecule has 0 saturated heterocycles. The monoisotopic (exact) mass is 247 g/mol. The highest BCUT2D eigenvalue weighted by Gasteiger charge is 2.15. The number of carbonyl (C=O) groups is 1. The van der Waals surface area contributed by atoms with Gasteiger partial charge in [-0.25, -0.2) is 0 Å². The van der Waals surface area contributed by atoms with Crippen LogP contribution < -0.4 is 5.73 Å². The highest BCUT2D eigenvalue weighted by molar-refractivity contribution is 6.42. The first kappa shape index (κ1) is 12.3. The van der Waals surface area contributed by atoms with Gasteiger partial charge in [-0.15, -0.1) is 0 Å². The van der Waals surface area contributed by atoms with Crippen molar-refractivity contribution in [1.82, 2.24) is 0 Å². The zero-order valence-corrected chi connectivity index (χ0v) is 9.68. The first-order chi connectivity index (χ1) is 7.06. The molecule has 5 heteroatoms. The SMILES string of the molecule is COC(=O)C[C@H](N)c1cccc(Cl)c1Cl. The Morgan fingerprint density at radius 1 is 1.53 bits per heavy atom. The van der Waals surface area contributed by atoms with Gasteiger partial charge in [0, 0.05) is 6.04 Å². The average Bonchev–Trinajstić information content (AvgIpc) is 2.21. The number of methoxy groups -OCH3 is 1. The van der Waals surface area contributed by atoms with Gasteiger partial charge in [0.1, 0.15) is 0 Å². The molecule has 1 aromatic rings. The van der Waals surface area contributed by atoms with Gasteiger partial charge < -0.3 is 10.5 Å². The quantitative estimate of drug-likeness (QED) is 0.836. The third-order valence-corrected chi connectivity index (χ3v) is 2.83. The molecule has 15 heavy (non-hydrogen) atoms. The van der Waals surface area contributed by atoms with Gasteiger partial charge in [0.2, 0.25) is 0 Å². The minimum atomic E-state index is -0.497. The van der Waals surface area contributed by atoms with Crippen LogP contribution in [0.15, 0.2) is 18.2 Å². The van der Waals surface area contributed by atoms with Crippen molar-refractivity contribution in [3.63, 3.8) is 0 Å². The van der Waals surface area contributed by atoms with Crippen LogP contribution in [0.3, 0.4) is 0 Å². The summed E-state index contributed by atoms with van der Waals surface area (Å²) >= 11 is 11.8. The first-order valence-electron chi connectivity index (χ1n) is 4.32. The zero-order chi connectivity index (χ0) is 11.4. The Kier molecular flexibility index (Phi) is 4.39. The largest absolute Gasteiger partial charge is 0.469 e. The van der Waals surface area contributed by atoms with E-state index < -0.39 is 6.04 Å². The zero-order valence-electron chi connectivity index (χ0n) is 8.17. The molecule has 0 bridgehead atoms. The minimum Gasteiger partial charge on any atom is -0.469 e. The molecule has 1 aromatic carbocycles. The van der Waals surface area contributed by atoms with E-state index in [1.165, 1.54) is 7.11 Å². The van der Waals surface area contributed by atoms with Crippen molar-refractivity contribution >= 4 is 29.2 Å². The van der Waals surface area contributed by atoms with Crippen LogP contribution in [0.1, 0.15) is 18.0 Å². The maximum Gasteiger partial charge on any atom is 0.307 e. The van der Waals surface area contributed by atoms with Crippen molar-refractivity contribution < 1.29 is 9.53 Å². The van der Waals surface area contributed by atoms with Crippen LogP contribution in [0.25, 0.3) is 0 Å². The van der Waals surface area contributed by atoms with E-state index in [1.807, 2.05) is 0 Å². The summed E-state index contributed by atoms with van der Waals surface area (Å²) in [6.45, 7) is 0. The van der Waals surface area contributed by atoms with E-state index in [4.69, 9.17) is 28.9 Å². The van der Waals surface area contributed by atoms with Crippen LogP contribution in [0.5, 0.6) is 0 Å². The number of nitrogens with two attached hydrogens (primary N) is 1. The Hall–Kier alpha value is -0.770. The average molecular weight is 248 g/mol. The molecule has 82 valence electrons. The molecule has 2 N–H and O–H groups in total. The summed E-state index contributed by atoms with van der Waals surface area (Å²) in [5.74, 6) is -0.376. The maximum absolute atomic E-state index is 11.0. The number of benzene rings is 1. The number of hydrogen-bond donors (Lipinski definition) is 1. The molecular formula is C10H11Cl2NO2. The molecule has 0 fully saturated rings. The summed E-state index contributed by atoms with van der Waals surface area (Å²) in [5.41, 5.74) is 6.45. The molecule has 0 aliphatic heterocycles. The van der Waals surface area contributed by atoms with E-state index in [9.17, 15) is 4.79 Å². The third kappa shape index (κ3) is 3.09. The molecule has 3 nitrogen and oxygen atoms in total. The van der Waals surface area contributed by atoms with Gasteiger partial charge in [0.05, 0.1) is 23.6 Å². The Bertz CT molecular complexity index is 368. The molecule has 0 amide bonds. The fourth-order valence-electron chi connectivity index (χ4n) is 1.18. The van der Waals surface area contributed by atoms with Gasteiger partial charge in [0.25, 0.3) is 0 Å². The predicted octanol–water partition coefficient (Wildman–Crippen LogP) is 2.56. The summed E-state index contributed by atoms with van der Waals surface area (Å²) in [6, 6.07) is 4.64. The molecule has 0 aliphatic carbocycles. The number of halogens is 2. The van der Waals surface area contributed by atoms with Crippen molar-refractivity contribution in [2.45, 2.75) is 12.5 Å². The molecule has 0 saturated carbocycles. The fourth-order valence-corrected chi connectivity index (χ4v) is 1.63. The van der Waals surface area contributed by atoms with E-state index in [1.54, 1.807) is 18.2 Å². The van der Waals surface area contributed by atoms with Gasteiger partial charge in [-0.3, -0.25) is 4.79 Å². The molecule has 0 spiro atoms. The maximum atomic E-state index is 11.0. The summed E-state index contributed by atoms with van der Waals surface area (Å²) < 4.78 is 4.52. The van der Waals surface area contributed by atoms with E-state index in [0.717, 1.165) is 0 Å². The fraction of sp³-hybridized carbons (Fsp3) is 0.300. The van der Waals surface area contributed by atoms with Crippen LogP contribution in [0.4, 0.5) is 0 Å². The van der Waals surface area contributed by atoms with Crippen molar-refractivity contribution in [1.29, 1.82) is 0 Å². The summed E-state index contributed by atoms with van der Waals surface area (Å²) in [6.07, 6.45) is 0.0799. The number of esters is 1. The van der Waals surface area contributed by atoms with Gasteiger partial charge in [-0.05, 0) is 11.6 Å². The predicted molar refractivity (Wildman–Crippen MR) is 60.0 cm³/mol. The lowest BCUT2D eigenvalue weighted by Gasteiger charge is -2.12. The molecule has 0 radical (unpaired) electrons. The number of hydrogen-bond acceptors (Lipinski definition) is 3. The van der Waals surface area contributed by atoms with Gasteiger partial charge >= 0.3 is 5.97 Å². The number of carbonyl (C=O) groups excluding carboxylic acids is 1. The Morgan fingerprint density at radius 3 is 2.80 bits per heavy atom. The second-order valence-electron chi connectivity index (χ2n) is 3.03. The van der Waals surface area contributed by atoms with Gasteiger partial charge in [-0.1, -0.05) is 35.3 Å². The molecule has 1 rings (SSSR count). The highest BCUT2D eigenvalue weighted by atomic mass is 35.5. The van der Waals surface area contributed by atoms with Crippen LogP contribution in [0, 0.1) is 0 Å². The number of rotatable bonds is 3. The highest BCUT2D eigenvalue weighted by Crippen LogP contribution is 2.30. The Morgan fingerprint density at radius 2 is 2.20 bits per heavy atom. The second kappa shape index (κ2) is 5.35. The lowest BCUT2D eigenvalue weighted by molar-refractivity contribution is -0.141. The molecule has 0 unspecified atom stereocenters. The third-order valence-electron chi connectivity index (χ3n) is 2.00. The van der Waals surface area contributed by atoms with Crippen molar-refractivity contribution in [2.75, 3.05) is 7.11 Å². The summed E-state index contributed by atoms with van der Waals surface area (Å²) in [4.78, 5) is 11.0. The smallest absolute Gasteiger partial charge is 0.307 e. The van der Waals surface area contributed by atoms with Gasteiger partial charge in [-0.2, -0.15) is 0 Å². The summed E-state index contributed by atoms with van der Waals surface area (Å²) in [7, 11) is 1.31. The Balaban J connectivity index is 2.86. The number of ether oxygens (including phenoxy) is 1. The summed E-state index contributed by atoms with van der Waals surface area (Å²) in [5, 5.41) is 0.810. The minimum absolute atomic E-state index is 0.0799. The van der Waals surface area contributed by atoms with Gasteiger partial charge in [0.15, 0.2) is 0 Å². The second-order valence-corrected chi connectivity index (χ2v) is 3.81. The lowest BCUT2D eigenvalue weighted by Crippen LogP contribution is -2.16. The van der Waals surface area contributed by atoms with Crippen LogP contribution >= 0.6 is 23.2 Å². The molecule has 1 atom stereocenters. The van der Waals surface area contributed by atoms with Crippen LogP contribution in [0.2, 0.25) is 10.0 Å². The van der Waals surface area contributed by atoms with Crippen molar-refractivity contribution in [3.05, 3.63) is 33.8 Å². The normalized spacial score (nSPS) is 12.3. The molecule has 0 heterocycles. The van der Waals surface area contributed by atoms with E-state index in [0.29, 0.717) is 15.6 Å². The van der Waals surface area contributed by atoms with Crippen LogP contribution in [-0.4, -0.2) is 13.1 Å². The molecule has 0 aliphatic rings. The lowest BCUT2D eigenvalue weighted by atomic mass is 10.0. The standard InChI is InChI=1S/C10H11Cl2NO2/c1-15-9(14)5-8(13)6-3-2-4-7(11)10(6)12/h2-4,8H,5,13H2,1H3/t8-/m0/s1.